The summed E-state index contributed by atoms with van der Waals surface area (Å²) in [5.41, 5.74) is 2.27. The first-order valence-corrected chi connectivity index (χ1v) is 7.57. The van der Waals surface area contributed by atoms with E-state index in [1.54, 1.807) is 0 Å². The smallest absolute Gasteiger partial charge is 0.261 e. The minimum absolute atomic E-state index is 0.00466. The van der Waals surface area contributed by atoms with Crippen LogP contribution in [0.4, 0.5) is 0 Å². The van der Waals surface area contributed by atoms with Crippen LogP contribution in [0.5, 0.6) is 0 Å². The number of carbonyl (C=O) groups excluding carboxylic acids is 1. The van der Waals surface area contributed by atoms with Gasteiger partial charge < -0.3 is 10.6 Å². The van der Waals surface area contributed by atoms with E-state index in [0.717, 1.165) is 40.3 Å². The van der Waals surface area contributed by atoms with Gasteiger partial charge in [0.05, 0.1) is 10.6 Å². The van der Waals surface area contributed by atoms with E-state index in [1.165, 1.54) is 16.9 Å². The van der Waals surface area contributed by atoms with Crippen LogP contribution in [0, 0.1) is 6.92 Å². The lowest BCUT2D eigenvalue weighted by Gasteiger charge is -2.14. The molecule has 0 aromatic carbocycles. The number of nitrogens with zero attached hydrogens (tertiary/aromatic N) is 2. The Morgan fingerprint density at radius 3 is 3.15 bits per heavy atom. The molecule has 20 heavy (non-hydrogen) atoms. The molecule has 0 saturated heterocycles. The van der Waals surface area contributed by atoms with Gasteiger partial charge in [0.1, 0.15) is 4.83 Å². The molecule has 5 nitrogen and oxygen atoms in total. The molecular weight excluding hydrogens is 272 g/mol. The number of thiophene rings is 1. The topological polar surface area (TPSA) is 59.0 Å². The molecule has 0 radical (unpaired) electrons. The molecule has 0 atom stereocenters. The highest BCUT2D eigenvalue weighted by Gasteiger charge is 2.15. The Bertz CT molecular complexity index is 648. The first kappa shape index (κ1) is 13.3. The van der Waals surface area contributed by atoms with Gasteiger partial charge in [-0.25, -0.2) is 0 Å². The summed E-state index contributed by atoms with van der Waals surface area (Å²) in [5, 5.41) is 11.7. The van der Waals surface area contributed by atoms with Gasteiger partial charge in [0.2, 0.25) is 0 Å². The number of rotatable bonds is 3. The van der Waals surface area contributed by atoms with Crippen LogP contribution in [0.1, 0.15) is 21.8 Å². The molecule has 1 aliphatic rings. The summed E-state index contributed by atoms with van der Waals surface area (Å²) in [6.45, 7) is 4.51. The van der Waals surface area contributed by atoms with Gasteiger partial charge in [0.15, 0.2) is 0 Å². The molecule has 1 aliphatic heterocycles. The standard InChI is InChI=1S/C14H18N4OS/c1-9-11-7-12(20-14(11)18(2)17-9)13(19)16-8-10-3-5-15-6-4-10/h3,7,15H,4-6,8H2,1-2H3,(H,16,19). The Morgan fingerprint density at radius 1 is 1.60 bits per heavy atom. The van der Waals surface area contributed by atoms with E-state index in [4.69, 9.17) is 0 Å². The number of hydrogen-bond donors (Lipinski definition) is 2. The molecule has 0 saturated carbocycles. The average Bonchev–Trinajstić information content (AvgIpc) is 3.00. The summed E-state index contributed by atoms with van der Waals surface area (Å²) >= 11 is 1.50. The number of carbonyl (C=O) groups is 1. The van der Waals surface area contributed by atoms with Crippen LogP contribution < -0.4 is 10.6 Å². The summed E-state index contributed by atoms with van der Waals surface area (Å²) in [5.74, 6) is 0.00466. The highest BCUT2D eigenvalue weighted by Crippen LogP contribution is 2.27. The molecule has 1 amide bonds. The van der Waals surface area contributed by atoms with Crippen molar-refractivity contribution in [3.8, 4) is 0 Å². The maximum Gasteiger partial charge on any atom is 0.261 e. The largest absolute Gasteiger partial charge is 0.348 e. The second-order valence-electron chi connectivity index (χ2n) is 5.04. The predicted octanol–water partition coefficient (Wildman–Crippen LogP) is 1.59. The van der Waals surface area contributed by atoms with E-state index in [1.807, 2.05) is 24.7 Å². The molecule has 0 fully saturated rings. The molecule has 6 heteroatoms. The van der Waals surface area contributed by atoms with E-state index >= 15 is 0 Å². The van der Waals surface area contributed by atoms with Gasteiger partial charge in [-0.1, -0.05) is 11.6 Å². The Morgan fingerprint density at radius 2 is 2.45 bits per heavy atom. The van der Waals surface area contributed by atoms with E-state index in [0.29, 0.717) is 6.54 Å². The van der Waals surface area contributed by atoms with Gasteiger partial charge in [-0.3, -0.25) is 9.48 Å². The fourth-order valence-corrected chi connectivity index (χ4v) is 3.47. The summed E-state index contributed by atoms with van der Waals surface area (Å²) in [6.07, 6.45) is 3.17. The molecule has 106 valence electrons. The quantitative estimate of drug-likeness (QED) is 0.844. The normalized spacial score (nSPS) is 15.4. The van der Waals surface area contributed by atoms with Crippen molar-refractivity contribution in [2.24, 2.45) is 7.05 Å². The van der Waals surface area contributed by atoms with Crippen molar-refractivity contribution < 1.29 is 4.79 Å². The Labute approximate surface area is 121 Å². The van der Waals surface area contributed by atoms with Crippen LogP contribution in [0.25, 0.3) is 10.2 Å². The molecular formula is C14H18N4OS. The first-order valence-electron chi connectivity index (χ1n) is 6.75. The maximum atomic E-state index is 12.2. The van der Waals surface area contributed by atoms with Crippen molar-refractivity contribution in [3.63, 3.8) is 0 Å². The van der Waals surface area contributed by atoms with Crippen molar-refractivity contribution in [2.45, 2.75) is 13.3 Å². The van der Waals surface area contributed by atoms with Crippen molar-refractivity contribution in [3.05, 3.63) is 28.3 Å². The lowest BCUT2D eigenvalue weighted by atomic mass is 10.1. The molecule has 2 aromatic heterocycles. The van der Waals surface area contributed by atoms with Crippen LogP contribution in [0.15, 0.2) is 17.7 Å². The van der Waals surface area contributed by atoms with E-state index in [2.05, 4.69) is 21.8 Å². The Kier molecular flexibility index (Phi) is 3.58. The summed E-state index contributed by atoms with van der Waals surface area (Å²) in [6, 6.07) is 1.94. The zero-order chi connectivity index (χ0) is 14.1. The van der Waals surface area contributed by atoms with Gasteiger partial charge in [-0.2, -0.15) is 5.10 Å². The van der Waals surface area contributed by atoms with E-state index in [9.17, 15) is 4.79 Å². The number of aromatic nitrogens is 2. The van der Waals surface area contributed by atoms with Gasteiger partial charge in [0, 0.05) is 25.5 Å². The van der Waals surface area contributed by atoms with Gasteiger partial charge >= 0.3 is 0 Å². The molecule has 0 spiro atoms. The number of aryl methyl sites for hydroxylation is 2. The molecule has 0 unspecified atom stereocenters. The lowest BCUT2D eigenvalue weighted by molar-refractivity contribution is 0.0960. The fraction of sp³-hybridized carbons (Fsp3) is 0.429. The van der Waals surface area contributed by atoms with E-state index in [-0.39, 0.29) is 5.91 Å². The van der Waals surface area contributed by atoms with Crippen LogP contribution in [0.2, 0.25) is 0 Å². The van der Waals surface area contributed by atoms with E-state index < -0.39 is 0 Å². The number of hydrogen-bond acceptors (Lipinski definition) is 4. The van der Waals surface area contributed by atoms with Crippen molar-refractivity contribution in [1.29, 1.82) is 0 Å². The third kappa shape index (κ3) is 2.48. The number of nitrogens with one attached hydrogen (secondary N) is 2. The van der Waals surface area contributed by atoms with Crippen molar-refractivity contribution in [2.75, 3.05) is 19.6 Å². The van der Waals surface area contributed by atoms with Gasteiger partial charge in [0.25, 0.3) is 5.91 Å². The van der Waals surface area contributed by atoms with Gasteiger partial charge in [-0.15, -0.1) is 11.3 Å². The van der Waals surface area contributed by atoms with Crippen LogP contribution in [-0.4, -0.2) is 35.3 Å². The lowest BCUT2D eigenvalue weighted by Crippen LogP contribution is -2.29. The minimum atomic E-state index is 0.00466. The summed E-state index contributed by atoms with van der Waals surface area (Å²) < 4.78 is 1.83. The highest BCUT2D eigenvalue weighted by molar-refractivity contribution is 7.20. The number of fused-ring (bicyclic) bond motifs is 1. The molecule has 2 N–H and O–H groups in total. The summed E-state index contributed by atoms with van der Waals surface area (Å²) in [4.78, 5) is 14.0. The molecule has 0 bridgehead atoms. The van der Waals surface area contributed by atoms with Gasteiger partial charge in [-0.05, 0) is 26.0 Å². The van der Waals surface area contributed by atoms with Crippen LogP contribution in [0.3, 0.4) is 0 Å². The minimum Gasteiger partial charge on any atom is -0.348 e. The number of amides is 1. The monoisotopic (exact) mass is 290 g/mol. The third-order valence-corrected chi connectivity index (χ3v) is 4.75. The third-order valence-electron chi connectivity index (χ3n) is 3.55. The molecule has 3 rings (SSSR count). The second kappa shape index (κ2) is 5.38. The Hall–Kier alpha value is -1.66. The first-order chi connectivity index (χ1) is 9.65. The fourth-order valence-electron chi connectivity index (χ4n) is 2.43. The Balaban J connectivity index is 1.72. The summed E-state index contributed by atoms with van der Waals surface area (Å²) in [7, 11) is 1.91. The maximum absolute atomic E-state index is 12.2. The average molecular weight is 290 g/mol. The highest BCUT2D eigenvalue weighted by atomic mass is 32.1. The predicted molar refractivity (Wildman–Crippen MR) is 81.2 cm³/mol. The van der Waals surface area contributed by atoms with Crippen LogP contribution in [-0.2, 0) is 7.05 Å². The van der Waals surface area contributed by atoms with Crippen molar-refractivity contribution in [1.82, 2.24) is 20.4 Å². The second-order valence-corrected chi connectivity index (χ2v) is 6.07. The SMILES string of the molecule is Cc1nn(C)c2sc(C(=O)NCC3=CCNCC3)cc12. The molecule has 2 aromatic rings. The zero-order valence-electron chi connectivity index (χ0n) is 11.7. The van der Waals surface area contributed by atoms with Crippen LogP contribution >= 0.6 is 11.3 Å². The zero-order valence-corrected chi connectivity index (χ0v) is 12.5. The van der Waals surface area contributed by atoms with Crippen molar-refractivity contribution >= 4 is 27.5 Å². The molecule has 0 aliphatic carbocycles. The molecule has 3 heterocycles.